The lowest BCUT2D eigenvalue weighted by atomic mass is 9.91. The van der Waals surface area contributed by atoms with Crippen LogP contribution in [-0.2, 0) is 4.79 Å². The summed E-state index contributed by atoms with van der Waals surface area (Å²) >= 11 is 0. The molecule has 2 atom stereocenters. The Morgan fingerprint density at radius 2 is 2.08 bits per heavy atom. The quantitative estimate of drug-likeness (QED) is 0.447. The van der Waals surface area contributed by atoms with Crippen LogP contribution in [0.2, 0.25) is 0 Å². The van der Waals surface area contributed by atoms with Crippen molar-refractivity contribution in [3.63, 3.8) is 0 Å². The summed E-state index contributed by atoms with van der Waals surface area (Å²) in [4.78, 5) is 10.4. The molecule has 0 aliphatic heterocycles. The molecule has 0 aliphatic carbocycles. The summed E-state index contributed by atoms with van der Waals surface area (Å²) in [6.07, 6.45) is 6.45. The van der Waals surface area contributed by atoms with E-state index in [0.717, 1.165) is 19.1 Å². The molecular weight excluding hydrogens is 162 g/mol. The molecule has 0 bridgehead atoms. The highest BCUT2D eigenvalue weighted by Gasteiger charge is 2.14. The van der Waals surface area contributed by atoms with E-state index in [1.54, 1.807) is 0 Å². The van der Waals surface area contributed by atoms with Crippen molar-refractivity contribution in [2.75, 3.05) is 0 Å². The predicted octanol–water partition coefficient (Wildman–Crippen LogP) is 2.93. The summed E-state index contributed by atoms with van der Waals surface area (Å²) in [5.41, 5.74) is 0. The molecule has 2 nitrogen and oxygen atoms in total. The van der Waals surface area contributed by atoms with Crippen molar-refractivity contribution in [2.45, 2.75) is 46.0 Å². The van der Waals surface area contributed by atoms with Crippen LogP contribution in [0.1, 0.15) is 46.0 Å². The number of hydrogen-bond donors (Lipinski definition) is 0. The first-order chi connectivity index (χ1) is 6.26. The van der Waals surface area contributed by atoms with Crippen molar-refractivity contribution in [1.82, 2.24) is 0 Å². The average Bonchev–Trinajstić information content (AvgIpc) is 2.17. The van der Waals surface area contributed by atoms with Crippen LogP contribution in [-0.4, -0.2) is 6.29 Å². The third-order valence-electron chi connectivity index (χ3n) is 2.38. The molecule has 0 aromatic heterocycles. The van der Waals surface area contributed by atoms with Crippen LogP contribution in [0.25, 0.3) is 0 Å². The maximum atomic E-state index is 10.4. The van der Waals surface area contributed by atoms with Gasteiger partial charge in [-0.2, -0.15) is 5.26 Å². The van der Waals surface area contributed by atoms with Gasteiger partial charge >= 0.3 is 0 Å². The maximum Gasteiger partial charge on any atom is 0.124 e. The van der Waals surface area contributed by atoms with Gasteiger partial charge < -0.3 is 4.79 Å². The van der Waals surface area contributed by atoms with E-state index >= 15 is 0 Å². The monoisotopic (exact) mass is 181 g/mol. The van der Waals surface area contributed by atoms with E-state index in [0.29, 0.717) is 0 Å². The highest BCUT2D eigenvalue weighted by atomic mass is 16.1. The second-order valence-electron chi connectivity index (χ2n) is 3.58. The Morgan fingerprint density at radius 3 is 2.54 bits per heavy atom. The molecule has 0 N–H and O–H groups in total. The average molecular weight is 181 g/mol. The van der Waals surface area contributed by atoms with Crippen LogP contribution in [0, 0.1) is 23.2 Å². The van der Waals surface area contributed by atoms with Crippen molar-refractivity contribution in [1.29, 1.82) is 5.26 Å². The van der Waals surface area contributed by atoms with E-state index in [-0.39, 0.29) is 11.8 Å². The molecule has 0 spiro atoms. The number of unbranched alkanes of at least 4 members (excludes halogenated alkanes) is 3. The molecular formula is C11H19NO. The SMILES string of the molecule is CCCCCCC(C#N)[C@@H](C)C=O. The lowest BCUT2D eigenvalue weighted by Crippen LogP contribution is -2.10. The molecule has 0 rings (SSSR count). The van der Waals surface area contributed by atoms with Crippen molar-refractivity contribution in [3.05, 3.63) is 0 Å². The molecule has 0 amide bonds. The molecule has 0 aromatic carbocycles. The van der Waals surface area contributed by atoms with E-state index in [2.05, 4.69) is 13.0 Å². The van der Waals surface area contributed by atoms with Crippen molar-refractivity contribution in [3.8, 4) is 6.07 Å². The van der Waals surface area contributed by atoms with Gasteiger partial charge in [0.15, 0.2) is 0 Å². The van der Waals surface area contributed by atoms with E-state index in [4.69, 9.17) is 5.26 Å². The summed E-state index contributed by atoms with van der Waals surface area (Å²) in [5, 5.41) is 8.78. The fraction of sp³-hybridized carbons (Fsp3) is 0.818. The molecule has 13 heavy (non-hydrogen) atoms. The number of aldehydes is 1. The molecule has 0 saturated carbocycles. The number of carbonyl (C=O) groups is 1. The first-order valence-corrected chi connectivity index (χ1v) is 5.11. The van der Waals surface area contributed by atoms with Gasteiger partial charge in [0, 0.05) is 5.92 Å². The Labute approximate surface area is 80.9 Å². The summed E-state index contributed by atoms with van der Waals surface area (Å²) < 4.78 is 0. The second kappa shape index (κ2) is 7.79. The van der Waals surface area contributed by atoms with Crippen LogP contribution in [0.3, 0.4) is 0 Å². The summed E-state index contributed by atoms with van der Waals surface area (Å²) in [5.74, 6) is -0.180. The largest absolute Gasteiger partial charge is 0.303 e. The van der Waals surface area contributed by atoms with Crippen LogP contribution >= 0.6 is 0 Å². The minimum absolute atomic E-state index is 0.0747. The van der Waals surface area contributed by atoms with Crippen molar-refractivity contribution >= 4 is 6.29 Å². The first-order valence-electron chi connectivity index (χ1n) is 5.11. The topological polar surface area (TPSA) is 40.9 Å². The number of carbonyl (C=O) groups excluding carboxylic acids is 1. The van der Waals surface area contributed by atoms with Gasteiger partial charge in [0.1, 0.15) is 6.29 Å². The van der Waals surface area contributed by atoms with Gasteiger partial charge in [0.05, 0.1) is 12.0 Å². The van der Waals surface area contributed by atoms with E-state index < -0.39 is 0 Å². The van der Waals surface area contributed by atoms with Gasteiger partial charge in [0.25, 0.3) is 0 Å². The zero-order valence-corrected chi connectivity index (χ0v) is 8.62. The van der Waals surface area contributed by atoms with Crippen LogP contribution in [0.4, 0.5) is 0 Å². The molecule has 0 aromatic rings. The van der Waals surface area contributed by atoms with Crippen molar-refractivity contribution < 1.29 is 4.79 Å². The van der Waals surface area contributed by atoms with Crippen LogP contribution in [0.15, 0.2) is 0 Å². The lowest BCUT2D eigenvalue weighted by molar-refractivity contribution is -0.111. The predicted molar refractivity (Wildman–Crippen MR) is 53.1 cm³/mol. The summed E-state index contributed by atoms with van der Waals surface area (Å²) in [6, 6.07) is 2.20. The van der Waals surface area contributed by atoms with Crippen molar-refractivity contribution in [2.24, 2.45) is 11.8 Å². The Balaban J connectivity index is 3.61. The first kappa shape index (κ1) is 12.2. The summed E-state index contributed by atoms with van der Waals surface area (Å²) in [6.45, 7) is 3.98. The molecule has 0 fully saturated rings. The van der Waals surface area contributed by atoms with Gasteiger partial charge in [-0.1, -0.05) is 39.5 Å². The zero-order chi connectivity index (χ0) is 10.1. The number of nitriles is 1. The molecule has 0 saturated heterocycles. The van der Waals surface area contributed by atoms with E-state index in [1.165, 1.54) is 19.3 Å². The molecule has 2 heteroatoms. The zero-order valence-electron chi connectivity index (χ0n) is 8.62. The third kappa shape index (κ3) is 5.41. The molecule has 0 radical (unpaired) electrons. The standard InChI is InChI=1S/C11H19NO/c1-3-4-5-6-7-11(8-12)10(2)9-13/h9-11H,3-7H2,1-2H3/t10-,11?/m0/s1. The fourth-order valence-corrected chi connectivity index (χ4v) is 1.33. The maximum absolute atomic E-state index is 10.4. The number of hydrogen-bond acceptors (Lipinski definition) is 2. The minimum Gasteiger partial charge on any atom is -0.303 e. The Bertz CT molecular complexity index is 171. The van der Waals surface area contributed by atoms with Gasteiger partial charge in [-0.15, -0.1) is 0 Å². The fourth-order valence-electron chi connectivity index (χ4n) is 1.33. The number of nitrogens with zero attached hydrogens (tertiary/aromatic N) is 1. The van der Waals surface area contributed by atoms with Gasteiger partial charge in [-0.25, -0.2) is 0 Å². The smallest absolute Gasteiger partial charge is 0.124 e. The van der Waals surface area contributed by atoms with Crippen LogP contribution in [0.5, 0.6) is 0 Å². The molecule has 1 unspecified atom stereocenters. The normalized spacial score (nSPS) is 14.5. The molecule has 0 heterocycles. The minimum atomic E-state index is -0.105. The molecule has 74 valence electrons. The van der Waals surface area contributed by atoms with E-state index in [1.807, 2.05) is 6.92 Å². The third-order valence-corrected chi connectivity index (χ3v) is 2.38. The van der Waals surface area contributed by atoms with Crippen LogP contribution < -0.4 is 0 Å². The van der Waals surface area contributed by atoms with Gasteiger partial charge in [-0.05, 0) is 6.42 Å². The second-order valence-corrected chi connectivity index (χ2v) is 3.58. The summed E-state index contributed by atoms with van der Waals surface area (Å²) in [7, 11) is 0. The Hall–Kier alpha value is -0.840. The van der Waals surface area contributed by atoms with E-state index in [9.17, 15) is 4.79 Å². The number of rotatable bonds is 7. The Kier molecular flexibility index (Phi) is 7.29. The Morgan fingerprint density at radius 1 is 1.38 bits per heavy atom. The highest BCUT2D eigenvalue weighted by molar-refractivity contribution is 5.54. The highest BCUT2D eigenvalue weighted by Crippen LogP contribution is 2.16. The lowest BCUT2D eigenvalue weighted by Gasteiger charge is -2.10. The van der Waals surface area contributed by atoms with Gasteiger partial charge in [-0.3, -0.25) is 0 Å². The van der Waals surface area contributed by atoms with Gasteiger partial charge in [0.2, 0.25) is 0 Å². The molecule has 0 aliphatic rings.